The number of aliphatic hydroxyl groups is 1. The molecule has 0 bridgehead atoms. The minimum Gasteiger partial charge on any atom is -0.437 e. The van der Waals surface area contributed by atoms with E-state index in [4.69, 9.17) is 10.5 Å². The summed E-state index contributed by atoms with van der Waals surface area (Å²) in [5, 5.41) is 11.2. The standard InChI is InChI=1S/C29H32F2N4O4/c30-29(31)12-11-22(20-7-3-1-4-8-20)23(17-29)26(36)34-15-13-28(38,14-16-34)18-35-19-33-25(24(32)27(35)37)39-21-9-5-2-6-10-21/h1-10,19,22-23,38H,11-18,32H2/t22-,23+/m0/s1. The lowest BCUT2D eigenvalue weighted by Gasteiger charge is -2.42. The Kier molecular flexibility index (Phi) is 7.40. The van der Waals surface area contributed by atoms with Crippen molar-refractivity contribution in [2.75, 3.05) is 18.8 Å². The lowest BCUT2D eigenvalue weighted by atomic mass is 9.73. The van der Waals surface area contributed by atoms with Gasteiger partial charge in [-0.15, -0.1) is 0 Å². The minimum atomic E-state index is -2.88. The van der Waals surface area contributed by atoms with Gasteiger partial charge >= 0.3 is 0 Å². The number of halogens is 2. The van der Waals surface area contributed by atoms with Crippen LogP contribution >= 0.6 is 0 Å². The molecule has 2 heterocycles. The third-order valence-corrected chi connectivity index (χ3v) is 7.83. The lowest BCUT2D eigenvalue weighted by molar-refractivity contribution is -0.148. The SMILES string of the molecule is Nc1c(Oc2ccccc2)ncn(CC2(O)CCN(C(=O)[C@@H]3CC(F)(F)CC[C@H]3c3ccccc3)CC2)c1=O. The Bertz CT molecular complexity index is 1360. The molecule has 2 aromatic carbocycles. The van der Waals surface area contributed by atoms with Gasteiger partial charge in [0, 0.05) is 25.9 Å². The number of nitrogens with zero attached hydrogens (tertiary/aromatic N) is 3. The quantitative estimate of drug-likeness (QED) is 0.487. The fraction of sp³-hybridized carbons (Fsp3) is 0.414. The first-order valence-corrected chi connectivity index (χ1v) is 13.2. The van der Waals surface area contributed by atoms with Crippen LogP contribution in [0.2, 0.25) is 0 Å². The molecule has 3 N–H and O–H groups in total. The fourth-order valence-corrected chi connectivity index (χ4v) is 5.63. The maximum absolute atomic E-state index is 14.4. The Hall–Kier alpha value is -3.79. The van der Waals surface area contributed by atoms with Crippen LogP contribution in [-0.4, -0.2) is 50.1 Å². The number of ether oxygens (including phenoxy) is 1. The number of likely N-dealkylation sites (tertiary alicyclic amines) is 1. The van der Waals surface area contributed by atoms with E-state index in [1.54, 1.807) is 29.2 Å². The number of nitrogen functional groups attached to an aromatic ring is 1. The van der Waals surface area contributed by atoms with Crippen molar-refractivity contribution in [3.8, 4) is 11.6 Å². The highest BCUT2D eigenvalue weighted by Gasteiger charge is 2.47. The Labute approximate surface area is 225 Å². The Morgan fingerprint density at radius 1 is 1.05 bits per heavy atom. The van der Waals surface area contributed by atoms with E-state index in [0.29, 0.717) is 5.75 Å². The van der Waals surface area contributed by atoms with Gasteiger partial charge < -0.3 is 20.5 Å². The number of nitrogens with two attached hydrogens (primary N) is 1. The van der Waals surface area contributed by atoms with Crippen molar-refractivity contribution in [1.82, 2.24) is 14.5 Å². The molecule has 39 heavy (non-hydrogen) atoms. The smallest absolute Gasteiger partial charge is 0.280 e. The third-order valence-electron chi connectivity index (χ3n) is 7.83. The Balaban J connectivity index is 1.25. The van der Waals surface area contributed by atoms with Crippen molar-refractivity contribution in [2.45, 2.75) is 56.1 Å². The van der Waals surface area contributed by atoms with Gasteiger partial charge in [-0.05, 0) is 42.9 Å². The summed E-state index contributed by atoms with van der Waals surface area (Å²) < 4.78 is 35.6. The van der Waals surface area contributed by atoms with Gasteiger partial charge in [0.2, 0.25) is 17.7 Å². The molecule has 1 amide bonds. The highest BCUT2D eigenvalue weighted by molar-refractivity contribution is 5.80. The molecule has 0 unspecified atom stereocenters. The highest BCUT2D eigenvalue weighted by atomic mass is 19.3. The fourth-order valence-electron chi connectivity index (χ4n) is 5.63. The summed E-state index contributed by atoms with van der Waals surface area (Å²) in [6.07, 6.45) is 1.17. The predicted octanol–water partition coefficient (Wildman–Crippen LogP) is 4.19. The molecule has 2 fully saturated rings. The Morgan fingerprint density at radius 3 is 2.36 bits per heavy atom. The molecule has 0 radical (unpaired) electrons. The van der Waals surface area contributed by atoms with Crippen LogP contribution in [0.3, 0.4) is 0 Å². The second-order valence-corrected chi connectivity index (χ2v) is 10.6. The average Bonchev–Trinajstić information content (AvgIpc) is 2.93. The van der Waals surface area contributed by atoms with Crippen LogP contribution in [-0.2, 0) is 11.3 Å². The molecular weight excluding hydrogens is 506 g/mol. The first-order chi connectivity index (χ1) is 18.6. The van der Waals surface area contributed by atoms with Crippen molar-refractivity contribution >= 4 is 11.6 Å². The van der Waals surface area contributed by atoms with E-state index in [-0.39, 0.29) is 68.7 Å². The number of carbonyl (C=O) groups excluding carboxylic acids is 1. The third kappa shape index (κ3) is 5.95. The second kappa shape index (κ2) is 10.8. The van der Waals surface area contributed by atoms with Crippen LogP contribution in [0.4, 0.5) is 14.5 Å². The Morgan fingerprint density at radius 2 is 1.69 bits per heavy atom. The number of anilines is 1. The molecule has 1 saturated carbocycles. The lowest BCUT2D eigenvalue weighted by Crippen LogP contribution is -2.52. The number of benzene rings is 2. The number of rotatable bonds is 6. The summed E-state index contributed by atoms with van der Waals surface area (Å²) in [5.41, 5.74) is 4.88. The number of hydrogen-bond donors (Lipinski definition) is 2. The molecular formula is C29H32F2N4O4. The zero-order chi connectivity index (χ0) is 27.6. The normalized spacial score (nSPS) is 22.3. The van der Waals surface area contributed by atoms with Gasteiger partial charge in [-0.25, -0.2) is 13.8 Å². The van der Waals surface area contributed by atoms with Gasteiger partial charge in [-0.3, -0.25) is 14.2 Å². The number of carbonyl (C=O) groups is 1. The van der Waals surface area contributed by atoms with Crippen molar-refractivity contribution in [3.05, 3.63) is 82.9 Å². The summed E-state index contributed by atoms with van der Waals surface area (Å²) in [7, 11) is 0. The number of amides is 1. The number of aromatic nitrogens is 2. The van der Waals surface area contributed by atoms with Gasteiger partial charge in [0.05, 0.1) is 18.1 Å². The van der Waals surface area contributed by atoms with Crippen LogP contribution in [0.1, 0.15) is 43.6 Å². The molecule has 2 atom stereocenters. The van der Waals surface area contributed by atoms with Crippen molar-refractivity contribution in [1.29, 1.82) is 0 Å². The number of para-hydroxylation sites is 1. The van der Waals surface area contributed by atoms with Crippen molar-refractivity contribution in [2.24, 2.45) is 5.92 Å². The monoisotopic (exact) mass is 538 g/mol. The maximum Gasteiger partial charge on any atom is 0.280 e. The summed E-state index contributed by atoms with van der Waals surface area (Å²) in [6, 6.07) is 18.1. The van der Waals surface area contributed by atoms with E-state index in [9.17, 15) is 23.5 Å². The predicted molar refractivity (Wildman–Crippen MR) is 142 cm³/mol. The van der Waals surface area contributed by atoms with Gasteiger partial charge in [-0.1, -0.05) is 48.5 Å². The largest absolute Gasteiger partial charge is 0.437 e. The van der Waals surface area contributed by atoms with E-state index >= 15 is 0 Å². The van der Waals surface area contributed by atoms with E-state index < -0.39 is 29.4 Å². The molecule has 206 valence electrons. The van der Waals surface area contributed by atoms with E-state index in [2.05, 4.69) is 4.98 Å². The summed E-state index contributed by atoms with van der Waals surface area (Å²) in [4.78, 5) is 32.1. The van der Waals surface area contributed by atoms with Crippen LogP contribution in [0.25, 0.3) is 0 Å². The van der Waals surface area contributed by atoms with Gasteiger partial charge in [0.1, 0.15) is 12.1 Å². The molecule has 1 aromatic heterocycles. The minimum absolute atomic E-state index is 0.0212. The van der Waals surface area contributed by atoms with Gasteiger partial charge in [0.15, 0.2) is 5.69 Å². The highest BCUT2D eigenvalue weighted by Crippen LogP contribution is 2.46. The first kappa shape index (κ1) is 26.8. The van der Waals surface area contributed by atoms with E-state index in [1.165, 1.54) is 10.9 Å². The first-order valence-electron chi connectivity index (χ1n) is 13.2. The zero-order valence-electron chi connectivity index (χ0n) is 21.5. The molecule has 1 aliphatic heterocycles. The summed E-state index contributed by atoms with van der Waals surface area (Å²) in [6.45, 7) is 0.336. The molecule has 1 saturated heterocycles. The van der Waals surface area contributed by atoms with Gasteiger partial charge in [0.25, 0.3) is 5.56 Å². The van der Waals surface area contributed by atoms with Crippen LogP contribution in [0.15, 0.2) is 71.8 Å². The molecule has 3 aromatic rings. The van der Waals surface area contributed by atoms with E-state index in [1.807, 2.05) is 36.4 Å². The average molecular weight is 539 g/mol. The van der Waals surface area contributed by atoms with Crippen molar-refractivity contribution < 1.29 is 23.4 Å². The zero-order valence-corrected chi connectivity index (χ0v) is 21.5. The number of alkyl halides is 2. The summed E-state index contributed by atoms with van der Waals surface area (Å²) >= 11 is 0. The van der Waals surface area contributed by atoms with Gasteiger partial charge in [-0.2, -0.15) is 0 Å². The van der Waals surface area contributed by atoms with Crippen LogP contribution in [0.5, 0.6) is 11.6 Å². The molecule has 8 nitrogen and oxygen atoms in total. The molecule has 1 aliphatic carbocycles. The number of hydrogen-bond acceptors (Lipinski definition) is 6. The van der Waals surface area contributed by atoms with E-state index in [0.717, 1.165) is 5.56 Å². The topological polar surface area (TPSA) is 111 Å². The molecule has 10 heteroatoms. The molecule has 5 rings (SSSR count). The van der Waals surface area contributed by atoms with Crippen LogP contribution in [0, 0.1) is 5.92 Å². The maximum atomic E-state index is 14.4. The molecule has 0 spiro atoms. The van der Waals surface area contributed by atoms with Crippen molar-refractivity contribution in [3.63, 3.8) is 0 Å². The second-order valence-electron chi connectivity index (χ2n) is 10.6. The van der Waals surface area contributed by atoms with Crippen LogP contribution < -0.4 is 16.0 Å². The molecule has 2 aliphatic rings. The number of piperidine rings is 1. The summed E-state index contributed by atoms with van der Waals surface area (Å²) in [5.74, 6) is -3.83.